The molecular weight excluding hydrogens is 1230 g/mol. The Morgan fingerprint density at radius 1 is 0.448 bits per heavy atom. The second-order valence-corrected chi connectivity index (χ2v) is 29.6. The van der Waals surface area contributed by atoms with Gasteiger partial charge in [-0.1, -0.05) is 117 Å². The molecule has 0 aromatic carbocycles. The van der Waals surface area contributed by atoms with Gasteiger partial charge in [-0.3, -0.25) is 43.2 Å². The van der Waals surface area contributed by atoms with Crippen molar-refractivity contribution in [1.82, 2.24) is 21.3 Å². The Balaban J connectivity index is -0.00000126. The van der Waals surface area contributed by atoms with E-state index in [0.717, 1.165) is 6.42 Å². The second-order valence-electron chi connectivity index (χ2n) is 29.6. The number of aliphatic hydroxyl groups is 3. The molecular formula is C74H138N4O18. The number of hydrogen-bond donors (Lipinski definition) is 7. The maximum absolute atomic E-state index is 12.4. The molecule has 2 saturated heterocycles. The molecule has 22 heteroatoms. The third-order valence-corrected chi connectivity index (χ3v) is 14.7. The van der Waals surface area contributed by atoms with Gasteiger partial charge in [-0.2, -0.15) is 0 Å². The predicted octanol–water partition coefficient (Wildman–Crippen LogP) is 10.3. The van der Waals surface area contributed by atoms with Crippen LogP contribution in [-0.4, -0.2) is 162 Å². The SMILES string of the molecule is CC(=O)[C@H]1O[C@@H]1C(=O)C[C@@H](CC(C)C)C(=O)NCC[C@@H](C)CO.CC(C)C[C@H](CC(=O)OC(C)(C)C)C(=O)NCC[C@@H](C)CO.CCOC(=O)[C@H]1O[C@@H]1C(=O)C[C@@H](CC(C)C)C(=O)NCC[C@@H](C)CO.[2H]C([2H])([2H])C([2H])(C)CC.[2H]C([2H])([2H])C([2H])(C)CCNC(=O)[C@@H](CC(=O)OC(C)(C)C)CC(C)C. The van der Waals surface area contributed by atoms with E-state index in [9.17, 15) is 47.9 Å². The first kappa shape index (κ1) is 80.1. The number of Topliss-reactive ketones (excluding diaryl/α,β-unsaturated/α-hetero) is 3. The van der Waals surface area contributed by atoms with Gasteiger partial charge < -0.3 is 60.3 Å². The number of esters is 3. The van der Waals surface area contributed by atoms with Gasteiger partial charge in [0.05, 0.1) is 19.4 Å². The molecule has 7 N–H and O–H groups in total. The molecule has 0 bridgehead atoms. The highest BCUT2D eigenvalue weighted by Gasteiger charge is 2.52. The summed E-state index contributed by atoms with van der Waals surface area (Å²) in [6.07, 6.45) is 2.24. The average Bonchev–Trinajstić information content (AvgIpc) is 1.62. The molecule has 13 atom stereocenters. The highest BCUT2D eigenvalue weighted by atomic mass is 16.6. The molecule has 0 aliphatic carbocycles. The van der Waals surface area contributed by atoms with Crippen LogP contribution in [0.3, 0.4) is 0 Å². The molecule has 4 amide bonds. The van der Waals surface area contributed by atoms with Crippen molar-refractivity contribution >= 4 is 58.9 Å². The van der Waals surface area contributed by atoms with Gasteiger partial charge in [0.2, 0.25) is 23.6 Å². The van der Waals surface area contributed by atoms with Crippen molar-refractivity contribution < 1.29 is 97.9 Å². The molecule has 22 nitrogen and oxygen atoms in total. The van der Waals surface area contributed by atoms with E-state index in [1.807, 2.05) is 96.9 Å². The summed E-state index contributed by atoms with van der Waals surface area (Å²) in [4.78, 5) is 121. The van der Waals surface area contributed by atoms with Crippen LogP contribution in [0.15, 0.2) is 0 Å². The number of ketones is 3. The number of aliphatic hydroxyl groups excluding tert-OH is 3. The Kier molecular flexibility index (Phi) is 42.8. The molecule has 2 heterocycles. The van der Waals surface area contributed by atoms with E-state index in [1.54, 1.807) is 34.6 Å². The maximum Gasteiger partial charge on any atom is 0.338 e. The van der Waals surface area contributed by atoms with Gasteiger partial charge in [0.25, 0.3) is 0 Å². The van der Waals surface area contributed by atoms with Gasteiger partial charge in [0, 0.05) is 93.5 Å². The van der Waals surface area contributed by atoms with Crippen LogP contribution in [0.25, 0.3) is 0 Å². The van der Waals surface area contributed by atoms with Gasteiger partial charge in [-0.05, 0) is 160 Å². The van der Waals surface area contributed by atoms with Crippen LogP contribution in [0.1, 0.15) is 260 Å². The normalized spacial score (nSPS) is 20.5. The maximum atomic E-state index is 12.4. The van der Waals surface area contributed by atoms with Crippen LogP contribution in [-0.2, 0) is 71.6 Å². The van der Waals surface area contributed by atoms with E-state index in [4.69, 9.17) is 50.0 Å². The molecule has 0 aromatic heterocycles. The molecule has 0 radical (unpaired) electrons. The lowest BCUT2D eigenvalue weighted by atomic mass is 9.90. The summed E-state index contributed by atoms with van der Waals surface area (Å²) in [7, 11) is 0. The monoisotopic (exact) mass is 1380 g/mol. The molecule has 2 rings (SSSR count). The van der Waals surface area contributed by atoms with E-state index >= 15 is 0 Å². The van der Waals surface area contributed by atoms with Crippen molar-refractivity contribution in [3.63, 3.8) is 0 Å². The number of nitrogens with one attached hydrogen (secondary N) is 4. The fourth-order valence-corrected chi connectivity index (χ4v) is 9.27. The topological polar surface area (TPSA) is 332 Å². The van der Waals surface area contributed by atoms with Crippen molar-refractivity contribution in [2.24, 2.45) is 76.9 Å². The molecule has 562 valence electrons. The minimum absolute atomic E-state index is 0.01000. The van der Waals surface area contributed by atoms with Gasteiger partial charge in [-0.15, -0.1) is 0 Å². The summed E-state index contributed by atoms with van der Waals surface area (Å²) in [6, 6.07) is 0. The second kappa shape index (κ2) is 51.3. The first-order valence-electron chi connectivity index (χ1n) is 38.9. The quantitative estimate of drug-likeness (QED) is 0.0170. The largest absolute Gasteiger partial charge is 0.464 e. The van der Waals surface area contributed by atoms with E-state index in [1.165, 1.54) is 20.8 Å². The molecule has 2 unspecified atom stereocenters. The van der Waals surface area contributed by atoms with Crippen molar-refractivity contribution in [3.8, 4) is 0 Å². The summed E-state index contributed by atoms with van der Waals surface area (Å²) >= 11 is 0. The fraction of sp³-hybridized carbons (Fsp3) is 0.865. The number of hydrogen-bond acceptors (Lipinski definition) is 18. The molecule has 0 aromatic rings. The van der Waals surface area contributed by atoms with Crippen LogP contribution >= 0.6 is 0 Å². The molecule has 0 spiro atoms. The summed E-state index contributed by atoms with van der Waals surface area (Å²) < 4.78 is 83.4. The molecule has 96 heavy (non-hydrogen) atoms. The summed E-state index contributed by atoms with van der Waals surface area (Å²) in [5.41, 5.74) is -1.14. The van der Waals surface area contributed by atoms with Crippen LogP contribution in [0.4, 0.5) is 0 Å². The first-order valence-corrected chi connectivity index (χ1v) is 34.9. The fourth-order valence-electron chi connectivity index (χ4n) is 9.27. The summed E-state index contributed by atoms with van der Waals surface area (Å²) in [5, 5.41) is 38.2. The van der Waals surface area contributed by atoms with Crippen LogP contribution < -0.4 is 21.3 Å². The number of ether oxygens (including phenoxy) is 5. The summed E-state index contributed by atoms with van der Waals surface area (Å²) in [6.45, 7) is 37.6. The van der Waals surface area contributed by atoms with E-state index in [-0.39, 0.29) is 148 Å². The van der Waals surface area contributed by atoms with Crippen LogP contribution in [0.5, 0.6) is 0 Å². The van der Waals surface area contributed by atoms with E-state index in [0.29, 0.717) is 76.4 Å². The third kappa shape index (κ3) is 51.3. The van der Waals surface area contributed by atoms with Gasteiger partial charge in [0.15, 0.2) is 29.6 Å². The standard InChI is InChI=1S/C18H31NO6.C17H29NO5.C17H33NO4.C17H33NO3.C5H12/c1-5-24-18(23)16-15(25-16)14(21)9-13(8-11(2)3)17(22)19-7-6-12(4)10-20;1-10(2)7-13(17(22)18-6-5-11(3)9-19)8-14(21)16-15(23-16)12(4)20;1-12(2)9-14(10-15(20)22-17(4,5)6)16(21)18-8-7-13(3)11-19;1-12(2)8-9-18-16(20)14(10-13(3)4)11-15(19)21-17(5,6)7;1-4-5(2)3/h11-13,15-16,20H,5-10H2,1-4H3,(H,19,22);10-11,13,15-16,19H,5-9H2,1-4H3,(H,18,22);12-14,19H,7-11H2,1-6H3,(H,18,21);12-14H,8-11H2,1-7H3,(H,18,20);5H,4H2,1-3H3/t12-,13-,15-,16+;11-,13-,15-,16-;13-,14-;14-;/m1111./s1/i;;;1D3,12D;2D3,5D/t;;;12?,14-;. The highest BCUT2D eigenvalue weighted by molar-refractivity contribution is 5.98. The minimum atomic E-state index is -2.41. The Hall–Kier alpha value is -4.90. The van der Waals surface area contributed by atoms with Crippen molar-refractivity contribution in [2.75, 3.05) is 52.6 Å². The number of epoxide rings is 2. The Morgan fingerprint density at radius 3 is 0.979 bits per heavy atom. The Bertz CT molecular complexity index is 2570. The van der Waals surface area contributed by atoms with Crippen molar-refractivity contribution in [3.05, 3.63) is 0 Å². The summed E-state index contributed by atoms with van der Waals surface area (Å²) in [5.74, 6) is -5.66. The van der Waals surface area contributed by atoms with Crippen LogP contribution in [0, 0.1) is 76.9 Å². The Morgan fingerprint density at radius 2 is 0.740 bits per heavy atom. The van der Waals surface area contributed by atoms with Crippen molar-refractivity contribution in [1.29, 1.82) is 0 Å². The first-order chi connectivity index (χ1) is 47.5. The lowest BCUT2D eigenvalue weighted by molar-refractivity contribution is -0.158. The zero-order valence-corrected chi connectivity index (χ0v) is 63.0. The van der Waals surface area contributed by atoms with Crippen molar-refractivity contribution in [2.45, 2.75) is 285 Å². The third-order valence-electron chi connectivity index (χ3n) is 14.7. The number of carbonyl (C=O) groups is 10. The molecule has 2 aliphatic rings. The lowest BCUT2D eigenvalue weighted by Crippen LogP contribution is -2.35. The van der Waals surface area contributed by atoms with E-state index < -0.39 is 90.8 Å². The van der Waals surface area contributed by atoms with E-state index in [2.05, 4.69) is 21.3 Å². The zero-order chi connectivity index (χ0) is 81.6. The van der Waals surface area contributed by atoms with Gasteiger partial charge in [0.1, 0.15) is 23.4 Å². The lowest BCUT2D eigenvalue weighted by Gasteiger charge is -2.23. The number of rotatable bonds is 41. The van der Waals surface area contributed by atoms with Gasteiger partial charge >= 0.3 is 17.9 Å². The number of carbonyl (C=O) groups excluding carboxylic acids is 10. The Labute approximate surface area is 590 Å². The molecule has 2 aliphatic heterocycles. The molecule has 0 saturated carbocycles. The molecule has 2 fully saturated rings. The minimum Gasteiger partial charge on any atom is -0.464 e. The van der Waals surface area contributed by atoms with Crippen LogP contribution in [0.2, 0.25) is 0 Å². The average molecular weight is 1380 g/mol. The zero-order valence-electron chi connectivity index (χ0n) is 71.0. The number of amides is 4. The predicted molar refractivity (Wildman–Crippen MR) is 376 cm³/mol. The smallest absolute Gasteiger partial charge is 0.338 e. The van der Waals surface area contributed by atoms with Gasteiger partial charge in [-0.25, -0.2) is 4.79 Å². The highest BCUT2D eigenvalue weighted by Crippen LogP contribution is 2.30.